The van der Waals surface area contributed by atoms with Crippen molar-refractivity contribution < 1.29 is 4.79 Å². The van der Waals surface area contributed by atoms with Gasteiger partial charge in [0.05, 0.1) is 11.8 Å². The zero-order valence-electron chi connectivity index (χ0n) is 12.8. The summed E-state index contributed by atoms with van der Waals surface area (Å²) in [7, 11) is 0. The van der Waals surface area contributed by atoms with Crippen LogP contribution in [-0.2, 0) is 6.54 Å². The molecule has 112 valence electrons. The van der Waals surface area contributed by atoms with Crippen LogP contribution < -0.4 is 11.1 Å². The van der Waals surface area contributed by atoms with Crippen molar-refractivity contribution in [2.45, 2.75) is 33.7 Å². The number of nitrogens with two attached hydrogens (primary N) is 1. The van der Waals surface area contributed by atoms with Crippen molar-refractivity contribution in [3.8, 4) is 0 Å². The van der Waals surface area contributed by atoms with Gasteiger partial charge in [-0.3, -0.25) is 9.48 Å². The van der Waals surface area contributed by atoms with E-state index < -0.39 is 0 Å². The van der Waals surface area contributed by atoms with E-state index in [1.807, 2.05) is 43.7 Å². The maximum atomic E-state index is 12.4. The highest BCUT2D eigenvalue weighted by atomic mass is 16.1. The molecule has 0 saturated carbocycles. The molecule has 2 rings (SSSR count). The number of hydrogen-bond donors (Lipinski definition) is 2. The molecular weight excluding hydrogens is 264 g/mol. The van der Waals surface area contributed by atoms with Crippen LogP contribution in [0.4, 0.5) is 5.69 Å². The van der Waals surface area contributed by atoms with E-state index in [0.717, 1.165) is 35.5 Å². The Bertz CT molecular complexity index is 646. The Morgan fingerprint density at radius 1 is 1.33 bits per heavy atom. The molecule has 21 heavy (non-hydrogen) atoms. The summed E-state index contributed by atoms with van der Waals surface area (Å²) in [4.78, 5) is 12.4. The van der Waals surface area contributed by atoms with Crippen molar-refractivity contribution in [2.75, 3.05) is 11.9 Å². The molecule has 0 unspecified atom stereocenters. The summed E-state index contributed by atoms with van der Waals surface area (Å²) in [5.41, 5.74) is 9.98. The fourth-order valence-electron chi connectivity index (χ4n) is 2.20. The highest BCUT2D eigenvalue weighted by Crippen LogP contribution is 2.18. The molecule has 1 amide bonds. The molecule has 0 aliphatic rings. The highest BCUT2D eigenvalue weighted by Gasteiger charge is 2.15. The second-order valence-electron chi connectivity index (χ2n) is 5.28. The minimum absolute atomic E-state index is 0.125. The third-order valence-corrected chi connectivity index (χ3v) is 3.56. The number of amides is 1. The van der Waals surface area contributed by atoms with Gasteiger partial charge in [0, 0.05) is 17.9 Å². The molecule has 0 aliphatic carbocycles. The number of carbonyl (C=O) groups is 1. The van der Waals surface area contributed by atoms with Crippen LogP contribution in [0.5, 0.6) is 0 Å². The molecule has 0 fully saturated rings. The van der Waals surface area contributed by atoms with Gasteiger partial charge in [-0.2, -0.15) is 5.10 Å². The normalized spacial score (nSPS) is 10.7. The molecule has 5 nitrogen and oxygen atoms in total. The highest BCUT2D eigenvalue weighted by molar-refractivity contribution is 6.05. The van der Waals surface area contributed by atoms with E-state index in [9.17, 15) is 4.79 Å². The first-order valence-electron chi connectivity index (χ1n) is 7.14. The first-order chi connectivity index (χ1) is 10.0. The zero-order chi connectivity index (χ0) is 15.4. The Morgan fingerprint density at radius 2 is 2.10 bits per heavy atom. The number of nitrogens with one attached hydrogen (secondary N) is 1. The van der Waals surface area contributed by atoms with E-state index in [1.165, 1.54) is 0 Å². The van der Waals surface area contributed by atoms with Gasteiger partial charge in [0.1, 0.15) is 0 Å². The predicted octanol–water partition coefficient (Wildman–Crippen LogP) is 2.41. The average Bonchev–Trinajstić information content (AvgIpc) is 2.82. The molecular formula is C16H22N4O. The molecule has 0 radical (unpaired) electrons. The standard InChI is InChI=1S/C16H22N4O/c1-11-5-6-12(2)15(9-11)19-16(21)14-10-18-20(13(14)3)8-4-7-17/h5-6,9-10H,4,7-8,17H2,1-3H3,(H,19,21). The number of carbonyl (C=O) groups excluding carboxylic acids is 1. The van der Waals surface area contributed by atoms with Gasteiger partial charge >= 0.3 is 0 Å². The third-order valence-electron chi connectivity index (χ3n) is 3.56. The number of aromatic nitrogens is 2. The second-order valence-corrected chi connectivity index (χ2v) is 5.28. The Labute approximate surface area is 125 Å². The number of rotatable bonds is 5. The summed E-state index contributed by atoms with van der Waals surface area (Å²) >= 11 is 0. The van der Waals surface area contributed by atoms with Crippen LogP contribution in [-0.4, -0.2) is 22.2 Å². The van der Waals surface area contributed by atoms with Crippen LogP contribution in [0, 0.1) is 20.8 Å². The maximum absolute atomic E-state index is 12.4. The first-order valence-corrected chi connectivity index (χ1v) is 7.14. The molecule has 3 N–H and O–H groups in total. The van der Waals surface area contributed by atoms with E-state index in [1.54, 1.807) is 6.20 Å². The van der Waals surface area contributed by atoms with Gasteiger partial charge < -0.3 is 11.1 Å². The van der Waals surface area contributed by atoms with Gasteiger partial charge in [-0.25, -0.2) is 0 Å². The minimum atomic E-state index is -0.125. The molecule has 2 aromatic rings. The van der Waals surface area contributed by atoms with Gasteiger partial charge in [-0.05, 0) is 50.9 Å². The summed E-state index contributed by atoms with van der Waals surface area (Å²) in [5.74, 6) is -0.125. The summed E-state index contributed by atoms with van der Waals surface area (Å²) in [6, 6.07) is 6.00. The Balaban J connectivity index is 2.17. The quantitative estimate of drug-likeness (QED) is 0.886. The van der Waals surface area contributed by atoms with Crippen LogP contribution in [0.15, 0.2) is 24.4 Å². The van der Waals surface area contributed by atoms with E-state index in [0.29, 0.717) is 12.1 Å². The van der Waals surface area contributed by atoms with Gasteiger partial charge in [-0.15, -0.1) is 0 Å². The molecule has 1 aromatic carbocycles. The largest absolute Gasteiger partial charge is 0.330 e. The number of benzene rings is 1. The van der Waals surface area contributed by atoms with Crippen molar-refractivity contribution in [2.24, 2.45) is 5.73 Å². The number of aryl methyl sites for hydroxylation is 3. The van der Waals surface area contributed by atoms with Crippen LogP contribution in [0.1, 0.15) is 33.6 Å². The lowest BCUT2D eigenvalue weighted by atomic mass is 10.1. The number of nitrogens with zero attached hydrogens (tertiary/aromatic N) is 2. The lowest BCUT2D eigenvalue weighted by Crippen LogP contribution is -2.14. The molecule has 1 heterocycles. The lowest BCUT2D eigenvalue weighted by molar-refractivity contribution is 0.102. The average molecular weight is 286 g/mol. The monoisotopic (exact) mass is 286 g/mol. The van der Waals surface area contributed by atoms with E-state index in [-0.39, 0.29) is 5.91 Å². The molecule has 5 heteroatoms. The number of hydrogen-bond acceptors (Lipinski definition) is 3. The van der Waals surface area contributed by atoms with Crippen LogP contribution in [0.2, 0.25) is 0 Å². The van der Waals surface area contributed by atoms with Crippen LogP contribution in [0.3, 0.4) is 0 Å². The van der Waals surface area contributed by atoms with Gasteiger partial charge in [0.25, 0.3) is 5.91 Å². The molecule has 1 aromatic heterocycles. The van der Waals surface area contributed by atoms with Crippen molar-refractivity contribution >= 4 is 11.6 Å². The Morgan fingerprint density at radius 3 is 2.81 bits per heavy atom. The summed E-state index contributed by atoms with van der Waals surface area (Å²) < 4.78 is 1.82. The third kappa shape index (κ3) is 3.49. The SMILES string of the molecule is Cc1ccc(C)c(NC(=O)c2cnn(CCCN)c2C)c1. The number of anilines is 1. The molecule has 0 bridgehead atoms. The Kier molecular flexibility index (Phi) is 4.75. The summed E-state index contributed by atoms with van der Waals surface area (Å²) in [5, 5.41) is 7.22. The zero-order valence-corrected chi connectivity index (χ0v) is 12.8. The molecule has 0 aliphatic heterocycles. The summed E-state index contributed by atoms with van der Waals surface area (Å²) in [6.45, 7) is 7.24. The first kappa shape index (κ1) is 15.3. The second kappa shape index (κ2) is 6.54. The van der Waals surface area contributed by atoms with Gasteiger partial charge in [-0.1, -0.05) is 12.1 Å². The maximum Gasteiger partial charge on any atom is 0.259 e. The van der Waals surface area contributed by atoms with Crippen LogP contribution in [0.25, 0.3) is 0 Å². The van der Waals surface area contributed by atoms with Gasteiger partial charge in [0.2, 0.25) is 0 Å². The molecule has 0 atom stereocenters. The van der Waals surface area contributed by atoms with Crippen molar-refractivity contribution in [3.05, 3.63) is 46.8 Å². The summed E-state index contributed by atoms with van der Waals surface area (Å²) in [6.07, 6.45) is 2.47. The van der Waals surface area contributed by atoms with E-state index in [4.69, 9.17) is 5.73 Å². The Hall–Kier alpha value is -2.14. The topological polar surface area (TPSA) is 72.9 Å². The van der Waals surface area contributed by atoms with Crippen molar-refractivity contribution in [1.29, 1.82) is 0 Å². The fraction of sp³-hybridized carbons (Fsp3) is 0.375. The molecule has 0 saturated heterocycles. The smallest absolute Gasteiger partial charge is 0.259 e. The van der Waals surface area contributed by atoms with Crippen LogP contribution >= 0.6 is 0 Å². The molecule has 0 spiro atoms. The van der Waals surface area contributed by atoms with E-state index >= 15 is 0 Å². The van der Waals surface area contributed by atoms with Crippen molar-refractivity contribution in [1.82, 2.24) is 9.78 Å². The van der Waals surface area contributed by atoms with E-state index in [2.05, 4.69) is 10.4 Å². The van der Waals surface area contributed by atoms with Gasteiger partial charge in [0.15, 0.2) is 0 Å². The fourth-order valence-corrected chi connectivity index (χ4v) is 2.20. The predicted molar refractivity (Wildman–Crippen MR) is 84.5 cm³/mol. The van der Waals surface area contributed by atoms with Crippen molar-refractivity contribution in [3.63, 3.8) is 0 Å². The lowest BCUT2D eigenvalue weighted by Gasteiger charge is -2.09. The minimum Gasteiger partial charge on any atom is -0.330 e.